The Bertz CT molecular complexity index is 2010. The molecular weight excluding hydrogens is 877 g/mol. The van der Waals surface area contributed by atoms with Crippen LogP contribution in [-0.2, 0) is 0 Å². The van der Waals surface area contributed by atoms with Gasteiger partial charge in [-0.2, -0.15) is 0 Å². The summed E-state index contributed by atoms with van der Waals surface area (Å²) in [6.07, 6.45) is 10.8. The van der Waals surface area contributed by atoms with Crippen molar-refractivity contribution in [2.24, 2.45) is 0 Å². The predicted octanol–water partition coefficient (Wildman–Crippen LogP) is 16.0. The lowest BCUT2D eigenvalue weighted by Crippen LogP contribution is -2.23. The fraction of sp³-hybridized carbons (Fsp3) is 0.386. The van der Waals surface area contributed by atoms with Crippen LogP contribution in [-0.4, -0.2) is 49.6 Å². The minimum Gasteiger partial charge on any atom is -0.491 e. The second-order valence-corrected chi connectivity index (χ2v) is 19.8. The quantitative estimate of drug-likeness (QED) is 0.140. The van der Waals surface area contributed by atoms with Gasteiger partial charge in [0.05, 0.1) is 18.4 Å². The minimum absolute atomic E-state index is 0.124. The second kappa shape index (κ2) is 30.3. The molecule has 0 radical (unpaired) electrons. The van der Waals surface area contributed by atoms with Crippen molar-refractivity contribution in [1.29, 1.82) is 0 Å². The summed E-state index contributed by atoms with van der Waals surface area (Å²) in [5.74, 6) is 4.61. The van der Waals surface area contributed by atoms with E-state index in [0.29, 0.717) is 11.6 Å². The zero-order chi connectivity index (χ0) is 51.4. The number of aromatic nitrogens is 3. The first-order chi connectivity index (χ1) is 31.6. The fourth-order valence-corrected chi connectivity index (χ4v) is 4.96. The molecule has 0 N–H and O–H groups in total. The van der Waals surface area contributed by atoms with Crippen molar-refractivity contribution in [2.75, 3.05) is 0 Å². The van der Waals surface area contributed by atoms with Crippen LogP contribution in [0.25, 0.3) is 6.08 Å². The van der Waals surface area contributed by atoms with Crippen molar-refractivity contribution in [3.8, 4) is 34.6 Å². The Morgan fingerprint density at radius 1 is 0.471 bits per heavy atom. The first kappa shape index (κ1) is 59.9. The molecule has 0 spiro atoms. The molecule has 0 fully saturated rings. The number of hydrogen-bond acceptors (Lipinski definition) is 9. The fourth-order valence-electron chi connectivity index (χ4n) is 4.84. The lowest BCUT2D eigenvalue weighted by Gasteiger charge is -2.21. The Morgan fingerprint density at radius 2 is 0.912 bits per heavy atom. The molecule has 6 aromatic rings. The van der Waals surface area contributed by atoms with Crippen molar-refractivity contribution >= 4 is 17.7 Å². The molecule has 0 aliphatic heterocycles. The van der Waals surface area contributed by atoms with Crippen LogP contribution in [0.1, 0.15) is 116 Å². The molecule has 3 aromatic heterocycles. The minimum atomic E-state index is -0.235. The van der Waals surface area contributed by atoms with E-state index in [1.54, 1.807) is 43.1 Å². The molecule has 3 aromatic carbocycles. The molecule has 0 amide bonds. The molecule has 0 bridgehead atoms. The highest BCUT2D eigenvalue weighted by Crippen LogP contribution is 2.20. The summed E-state index contributed by atoms with van der Waals surface area (Å²) in [7, 11) is 0. The first-order valence-electron chi connectivity index (χ1n) is 22.7. The Hall–Kier alpha value is -6.13. The number of halogens is 2. The highest BCUT2D eigenvalue weighted by atomic mass is 35.5. The van der Waals surface area contributed by atoms with Crippen LogP contribution in [0.2, 0.25) is 5.02 Å². The molecule has 0 unspecified atom stereocenters. The Labute approximate surface area is 413 Å². The molecule has 0 aliphatic carbocycles. The first-order valence-corrected chi connectivity index (χ1v) is 23.0. The van der Waals surface area contributed by atoms with Gasteiger partial charge in [-0.1, -0.05) is 42.5 Å². The molecule has 0 aliphatic rings. The molecule has 9 nitrogen and oxygen atoms in total. The highest BCUT2D eigenvalue weighted by Gasteiger charge is 2.13. The van der Waals surface area contributed by atoms with Crippen LogP contribution in [0.15, 0.2) is 153 Å². The maximum Gasteiger partial charge on any atom is 0.213 e. The van der Waals surface area contributed by atoms with Gasteiger partial charge in [-0.05, 0) is 207 Å². The molecule has 11 heteroatoms. The smallest absolute Gasteiger partial charge is 0.213 e. The Balaban J connectivity index is 0.000000408. The number of pyridine rings is 3. The topological polar surface area (TPSA) is 94.1 Å². The maximum absolute atomic E-state index is 12.4. The van der Waals surface area contributed by atoms with E-state index in [4.69, 9.17) is 40.0 Å². The van der Waals surface area contributed by atoms with Gasteiger partial charge in [0.1, 0.15) is 57.0 Å². The van der Waals surface area contributed by atoms with E-state index in [-0.39, 0.29) is 40.4 Å². The van der Waals surface area contributed by atoms with Crippen molar-refractivity contribution in [2.45, 2.75) is 145 Å². The van der Waals surface area contributed by atoms with E-state index >= 15 is 0 Å². The summed E-state index contributed by atoms with van der Waals surface area (Å²) < 4.78 is 45.3. The number of nitrogens with zero attached hydrogens (tertiary/aromatic N) is 3. The second-order valence-electron chi connectivity index (χ2n) is 19.4. The van der Waals surface area contributed by atoms with Gasteiger partial charge in [0.15, 0.2) is 0 Å². The number of hydrogen-bond donors (Lipinski definition) is 0. The van der Waals surface area contributed by atoms with Crippen LogP contribution < -0.4 is 28.4 Å². The van der Waals surface area contributed by atoms with E-state index in [1.165, 1.54) is 12.1 Å². The molecule has 3 heterocycles. The van der Waals surface area contributed by atoms with Crippen LogP contribution in [0.3, 0.4) is 0 Å². The Kier molecular flexibility index (Phi) is 26.7. The molecule has 0 saturated heterocycles. The monoisotopic (exact) mass is 954 g/mol. The third-order valence-corrected chi connectivity index (χ3v) is 7.34. The van der Waals surface area contributed by atoms with Crippen molar-refractivity contribution < 1.29 is 32.8 Å². The zero-order valence-corrected chi connectivity index (χ0v) is 44.1. The van der Waals surface area contributed by atoms with Crippen molar-refractivity contribution in [3.05, 3.63) is 169 Å². The predicted molar refractivity (Wildman–Crippen MR) is 280 cm³/mol. The summed E-state index contributed by atoms with van der Waals surface area (Å²) in [5.41, 5.74) is 0.565. The van der Waals surface area contributed by atoms with Gasteiger partial charge in [0.2, 0.25) is 5.88 Å². The summed E-state index contributed by atoms with van der Waals surface area (Å²) in [4.78, 5) is 11.9. The van der Waals surface area contributed by atoms with Gasteiger partial charge in [0.25, 0.3) is 0 Å². The average molecular weight is 955 g/mol. The standard InChI is InChI=1S/C12H16O.C9H11ClO.C9H11FO.3C9H13NO/c1-5-10-6-8-11(9-7-10)13-12(2,3)4;2*1-7(2)11-9-5-3-8(10)4-6-9;1-9(2,3)11-8-4-6-10-7-5-8;1-9(2,3)11-8-5-4-6-10-7-8;1-9(2,3)11-8-6-4-5-7-10-8/h5-9H,1H2,2-4H3;2*3-7H,1-2H3;3*4-7H,1-3H3. The third kappa shape index (κ3) is 34.2. The number of benzene rings is 3. The van der Waals surface area contributed by atoms with E-state index < -0.39 is 0 Å². The van der Waals surface area contributed by atoms with Gasteiger partial charge in [-0.25, -0.2) is 9.37 Å². The van der Waals surface area contributed by atoms with Crippen molar-refractivity contribution in [1.82, 2.24) is 15.0 Å². The molecular formula is C57H77ClFN3O6. The lowest BCUT2D eigenvalue weighted by molar-refractivity contribution is 0.124. The van der Waals surface area contributed by atoms with Crippen LogP contribution in [0.5, 0.6) is 34.6 Å². The van der Waals surface area contributed by atoms with Gasteiger partial charge in [-0.3, -0.25) is 9.97 Å². The van der Waals surface area contributed by atoms with Gasteiger partial charge in [0, 0.05) is 35.9 Å². The van der Waals surface area contributed by atoms with Crippen molar-refractivity contribution in [3.63, 3.8) is 0 Å². The molecule has 0 saturated carbocycles. The molecule has 370 valence electrons. The van der Waals surface area contributed by atoms with Crippen LogP contribution in [0, 0.1) is 5.82 Å². The highest BCUT2D eigenvalue weighted by molar-refractivity contribution is 6.30. The van der Waals surface area contributed by atoms with Gasteiger partial charge < -0.3 is 28.4 Å². The SMILES string of the molecule is C=Cc1ccc(OC(C)(C)C)cc1.CC(C)(C)Oc1ccccn1.CC(C)(C)Oc1cccnc1.CC(C)(C)Oc1ccncc1.CC(C)Oc1ccc(Cl)cc1.CC(C)Oc1ccc(F)cc1. The maximum atomic E-state index is 12.4. The summed E-state index contributed by atoms with van der Waals surface area (Å²) in [6, 6.07) is 34.4. The van der Waals surface area contributed by atoms with Gasteiger partial charge >= 0.3 is 0 Å². The number of ether oxygens (including phenoxy) is 6. The van der Waals surface area contributed by atoms with Crippen LogP contribution in [0.4, 0.5) is 4.39 Å². The van der Waals surface area contributed by atoms with E-state index in [1.807, 2.05) is 208 Å². The van der Waals surface area contributed by atoms with Crippen LogP contribution >= 0.6 is 11.6 Å². The largest absolute Gasteiger partial charge is 0.491 e. The number of rotatable bonds is 9. The van der Waals surface area contributed by atoms with E-state index in [0.717, 1.165) is 33.6 Å². The summed E-state index contributed by atoms with van der Waals surface area (Å²) in [5, 5.41) is 0.737. The van der Waals surface area contributed by atoms with Gasteiger partial charge in [-0.15, -0.1) is 0 Å². The molecule has 0 atom stereocenters. The zero-order valence-electron chi connectivity index (χ0n) is 43.3. The third-order valence-electron chi connectivity index (χ3n) is 7.09. The lowest BCUT2D eigenvalue weighted by atomic mass is 10.2. The van der Waals surface area contributed by atoms with E-state index in [9.17, 15) is 4.39 Å². The van der Waals surface area contributed by atoms with E-state index in [2.05, 4.69) is 21.5 Å². The Morgan fingerprint density at radius 3 is 1.31 bits per heavy atom. The molecule has 68 heavy (non-hydrogen) atoms. The summed E-state index contributed by atoms with van der Waals surface area (Å²) in [6.45, 7) is 35.8. The molecule has 6 rings (SSSR count). The summed E-state index contributed by atoms with van der Waals surface area (Å²) >= 11 is 5.69. The average Bonchev–Trinajstić information content (AvgIpc) is 3.22. The normalized spacial score (nSPS) is 10.8.